The molecule has 2 saturated heterocycles. The second-order valence-corrected chi connectivity index (χ2v) is 6.71. The molecule has 2 atom stereocenters. The van der Waals surface area contributed by atoms with Crippen LogP contribution in [-0.4, -0.2) is 68.9 Å². The van der Waals surface area contributed by atoms with Crippen LogP contribution in [-0.2, 0) is 26.0 Å². The van der Waals surface area contributed by atoms with Gasteiger partial charge in [0, 0.05) is 18.9 Å². The third-order valence-electron chi connectivity index (χ3n) is 3.99. The number of hydrogen-bond donors (Lipinski definition) is 3. The van der Waals surface area contributed by atoms with E-state index >= 15 is 0 Å². The van der Waals surface area contributed by atoms with E-state index in [2.05, 4.69) is 14.6 Å². The molecule has 13 heteroatoms. The average Bonchev–Trinajstić information content (AvgIpc) is 3.09. The second-order valence-electron chi connectivity index (χ2n) is 5.71. The van der Waals surface area contributed by atoms with Gasteiger partial charge in [-0.2, -0.15) is 13.5 Å². The van der Waals surface area contributed by atoms with E-state index in [0.29, 0.717) is 17.9 Å². The Bertz CT molecular complexity index is 793. The van der Waals surface area contributed by atoms with Gasteiger partial charge in [-0.1, -0.05) is 0 Å². The summed E-state index contributed by atoms with van der Waals surface area (Å²) in [7, 11) is -4.82. The van der Waals surface area contributed by atoms with Crippen molar-refractivity contribution in [1.82, 2.24) is 24.8 Å². The number of nitrogens with zero attached hydrogens (tertiary/aromatic N) is 4. The molecule has 2 fully saturated rings. The maximum Gasteiger partial charge on any atom is 0.418 e. The standard InChI is InChI=1S/C12H16N6O6S/c13-11(15-10(19)6-16-4-3-14-7-16)9-2-1-8-5-17(9)12(20)18(8)24-25(21,22)23/h3-4,7-9H,1-2,5-6H2,(H2,13,15,19)(H,21,22,23)/t8-,9+/m1/s1. The Morgan fingerprint density at radius 1 is 1.48 bits per heavy atom. The predicted octanol–water partition coefficient (Wildman–Crippen LogP) is -1.02. The summed E-state index contributed by atoms with van der Waals surface area (Å²) in [5.74, 6) is -0.603. The zero-order valence-electron chi connectivity index (χ0n) is 12.9. The summed E-state index contributed by atoms with van der Waals surface area (Å²) in [6, 6.07) is -2.02. The SMILES string of the molecule is N=C(NC(=O)Cn1ccnc1)[C@@H]1CC[C@@H]2CN1C(=O)N2OS(=O)(=O)O. The highest BCUT2D eigenvalue weighted by molar-refractivity contribution is 7.80. The van der Waals surface area contributed by atoms with Crippen LogP contribution in [0.25, 0.3) is 0 Å². The first-order chi connectivity index (χ1) is 11.7. The zero-order valence-corrected chi connectivity index (χ0v) is 13.7. The molecule has 2 aliphatic heterocycles. The number of amides is 3. The molecular weight excluding hydrogens is 356 g/mol. The molecule has 12 nitrogen and oxygen atoms in total. The van der Waals surface area contributed by atoms with Crippen molar-refractivity contribution < 1.29 is 26.8 Å². The third-order valence-corrected chi connectivity index (χ3v) is 4.34. The molecule has 25 heavy (non-hydrogen) atoms. The van der Waals surface area contributed by atoms with Crippen molar-refractivity contribution in [2.75, 3.05) is 6.54 Å². The number of hydroxylamine groups is 2. The molecule has 3 heterocycles. The first-order valence-corrected chi connectivity index (χ1v) is 8.72. The smallest absolute Gasteiger partial charge is 0.328 e. The van der Waals surface area contributed by atoms with Crippen LogP contribution in [0.5, 0.6) is 0 Å². The second kappa shape index (κ2) is 6.42. The highest BCUT2D eigenvalue weighted by Crippen LogP contribution is 2.30. The number of aromatic nitrogens is 2. The van der Waals surface area contributed by atoms with Crippen molar-refractivity contribution in [2.45, 2.75) is 31.5 Å². The van der Waals surface area contributed by atoms with Gasteiger partial charge < -0.3 is 14.8 Å². The molecule has 2 bridgehead atoms. The zero-order chi connectivity index (χ0) is 18.2. The lowest BCUT2D eigenvalue weighted by atomic mass is 10.00. The molecule has 0 aromatic carbocycles. The van der Waals surface area contributed by atoms with Gasteiger partial charge in [0.1, 0.15) is 12.4 Å². The van der Waals surface area contributed by atoms with Gasteiger partial charge in [-0.05, 0) is 12.8 Å². The van der Waals surface area contributed by atoms with E-state index in [1.807, 2.05) is 0 Å². The summed E-state index contributed by atoms with van der Waals surface area (Å²) in [4.78, 5) is 29.2. The number of imidazole rings is 1. The van der Waals surface area contributed by atoms with Crippen molar-refractivity contribution in [3.8, 4) is 0 Å². The number of amidine groups is 1. The topological polar surface area (TPSA) is 158 Å². The van der Waals surface area contributed by atoms with Gasteiger partial charge in [-0.15, -0.1) is 4.28 Å². The number of carbonyl (C=O) groups excluding carboxylic acids is 2. The fourth-order valence-electron chi connectivity index (χ4n) is 2.95. The van der Waals surface area contributed by atoms with Gasteiger partial charge >= 0.3 is 16.4 Å². The Kier molecular flexibility index (Phi) is 4.45. The lowest BCUT2D eigenvalue weighted by Crippen LogP contribution is -2.51. The lowest BCUT2D eigenvalue weighted by molar-refractivity contribution is -0.120. The molecule has 0 unspecified atom stereocenters. The quantitative estimate of drug-likeness (QED) is 0.339. The summed E-state index contributed by atoms with van der Waals surface area (Å²) >= 11 is 0. The minimum Gasteiger partial charge on any atom is -0.328 e. The molecule has 1 aromatic rings. The Morgan fingerprint density at radius 2 is 2.24 bits per heavy atom. The number of piperidine rings is 1. The molecule has 1 aromatic heterocycles. The van der Waals surface area contributed by atoms with Crippen LogP contribution in [0.15, 0.2) is 18.7 Å². The lowest BCUT2D eigenvalue weighted by Gasteiger charge is -2.30. The summed E-state index contributed by atoms with van der Waals surface area (Å²) in [5, 5.41) is 11.1. The van der Waals surface area contributed by atoms with Gasteiger partial charge in [-0.25, -0.2) is 9.78 Å². The number of rotatable bonds is 5. The Labute approximate surface area is 142 Å². The molecule has 2 aliphatic rings. The first-order valence-electron chi connectivity index (χ1n) is 7.35. The summed E-state index contributed by atoms with van der Waals surface area (Å²) in [5.41, 5.74) is 0. The summed E-state index contributed by atoms with van der Waals surface area (Å²) in [6.45, 7) is 0.114. The molecular formula is C12H16N6O6S. The van der Waals surface area contributed by atoms with E-state index in [9.17, 15) is 18.0 Å². The van der Waals surface area contributed by atoms with Crippen LogP contribution >= 0.6 is 0 Å². The number of fused-ring (bicyclic) bond motifs is 2. The molecule has 136 valence electrons. The van der Waals surface area contributed by atoms with Gasteiger partial charge in [0.2, 0.25) is 5.91 Å². The average molecular weight is 372 g/mol. The molecule has 0 spiro atoms. The van der Waals surface area contributed by atoms with E-state index in [0.717, 1.165) is 0 Å². The monoisotopic (exact) mass is 372 g/mol. The largest absolute Gasteiger partial charge is 0.418 e. The molecule has 3 rings (SSSR count). The summed E-state index contributed by atoms with van der Waals surface area (Å²) in [6.07, 6.45) is 5.30. The number of nitrogens with one attached hydrogen (secondary N) is 2. The van der Waals surface area contributed by atoms with Crippen LogP contribution in [0.3, 0.4) is 0 Å². The first kappa shape index (κ1) is 17.3. The van der Waals surface area contributed by atoms with E-state index in [4.69, 9.17) is 9.96 Å². The van der Waals surface area contributed by atoms with E-state index in [1.54, 1.807) is 6.20 Å². The molecule has 0 radical (unpaired) electrons. The molecule has 3 N–H and O–H groups in total. The van der Waals surface area contributed by atoms with Gasteiger partial charge in [0.05, 0.1) is 18.4 Å². The minimum absolute atomic E-state index is 0.0241. The number of hydrogen-bond acceptors (Lipinski definition) is 7. The van der Waals surface area contributed by atoms with Crippen molar-refractivity contribution in [3.63, 3.8) is 0 Å². The molecule has 3 amide bonds. The number of carbonyl (C=O) groups is 2. The number of urea groups is 1. The highest BCUT2D eigenvalue weighted by Gasteiger charge is 2.48. The van der Waals surface area contributed by atoms with E-state index in [-0.39, 0.29) is 18.9 Å². The van der Waals surface area contributed by atoms with Crippen molar-refractivity contribution in [2.24, 2.45) is 0 Å². The fourth-order valence-corrected chi connectivity index (χ4v) is 3.34. The summed E-state index contributed by atoms with van der Waals surface area (Å²) < 4.78 is 36.3. The van der Waals surface area contributed by atoms with Gasteiger partial charge in [-0.3, -0.25) is 14.8 Å². The van der Waals surface area contributed by atoms with Crippen molar-refractivity contribution in [3.05, 3.63) is 18.7 Å². The van der Waals surface area contributed by atoms with Gasteiger partial charge in [0.25, 0.3) is 0 Å². The minimum atomic E-state index is -4.82. The Hall–Kier alpha value is -2.51. The van der Waals surface area contributed by atoms with Crippen LogP contribution in [0.2, 0.25) is 0 Å². The molecule has 0 saturated carbocycles. The maximum atomic E-state index is 12.3. The van der Waals surface area contributed by atoms with Crippen molar-refractivity contribution >= 4 is 28.2 Å². The highest BCUT2D eigenvalue weighted by atomic mass is 32.3. The normalized spacial score (nSPS) is 23.0. The van der Waals surface area contributed by atoms with Gasteiger partial charge in [0.15, 0.2) is 0 Å². The third kappa shape index (κ3) is 3.78. The van der Waals surface area contributed by atoms with E-state index < -0.39 is 34.4 Å². The molecule has 0 aliphatic carbocycles. The Balaban J connectivity index is 1.63. The predicted molar refractivity (Wildman–Crippen MR) is 81.5 cm³/mol. The van der Waals surface area contributed by atoms with Crippen molar-refractivity contribution in [1.29, 1.82) is 5.41 Å². The Morgan fingerprint density at radius 3 is 2.88 bits per heavy atom. The van der Waals surface area contributed by atoms with Crippen LogP contribution in [0.4, 0.5) is 4.79 Å². The van der Waals surface area contributed by atoms with Crippen LogP contribution < -0.4 is 5.32 Å². The fraction of sp³-hybridized carbons (Fsp3) is 0.500. The van der Waals surface area contributed by atoms with Crippen LogP contribution in [0.1, 0.15) is 12.8 Å². The maximum absolute atomic E-state index is 12.3. The van der Waals surface area contributed by atoms with E-state index in [1.165, 1.54) is 22.0 Å². The van der Waals surface area contributed by atoms with Crippen LogP contribution in [0, 0.1) is 5.41 Å².